The number of carbonyl (C=O) groups is 1. The van der Waals surface area contributed by atoms with Crippen LogP contribution in [0.5, 0.6) is 0 Å². The summed E-state index contributed by atoms with van der Waals surface area (Å²) in [6.07, 6.45) is 1.70. The van der Waals surface area contributed by atoms with Crippen molar-refractivity contribution >= 4 is 61.2 Å². The number of thioether (sulfide) groups is 1. The fourth-order valence-electron chi connectivity index (χ4n) is 2.58. The van der Waals surface area contributed by atoms with Gasteiger partial charge in [0.05, 0.1) is 11.3 Å². The number of anilines is 1. The number of benzene rings is 2. The number of H-pyrrole nitrogens is 1. The standard InChI is InChI=1S/C18H13BrN4OS/c19-12-8-15-17(20-9-12)23-18(22-15)25-10-16(24)21-14-7-3-5-11-4-1-2-6-13(11)14/h1-9H,10H2,(H,21,24)(H,20,22,23). The first kappa shape index (κ1) is 16.1. The molecule has 0 radical (unpaired) electrons. The number of amides is 1. The van der Waals surface area contributed by atoms with Gasteiger partial charge in [-0.05, 0) is 33.4 Å². The maximum Gasteiger partial charge on any atom is 0.234 e. The number of nitrogens with one attached hydrogen (secondary N) is 2. The SMILES string of the molecule is O=C(CSc1nc2ncc(Br)cc2[nH]1)Nc1cccc2ccccc12. The zero-order valence-corrected chi connectivity index (χ0v) is 15.4. The Balaban J connectivity index is 1.46. The Hall–Kier alpha value is -2.38. The lowest BCUT2D eigenvalue weighted by molar-refractivity contribution is -0.113. The summed E-state index contributed by atoms with van der Waals surface area (Å²) in [6.45, 7) is 0. The molecule has 0 aliphatic rings. The minimum atomic E-state index is -0.0732. The summed E-state index contributed by atoms with van der Waals surface area (Å²) in [7, 11) is 0. The molecule has 0 unspecified atom stereocenters. The van der Waals surface area contributed by atoms with Gasteiger partial charge in [0.15, 0.2) is 10.8 Å². The third-order valence-corrected chi connectivity index (χ3v) is 4.99. The van der Waals surface area contributed by atoms with Gasteiger partial charge < -0.3 is 10.3 Å². The average Bonchev–Trinajstić information content (AvgIpc) is 3.02. The Labute approximate surface area is 156 Å². The molecule has 1 amide bonds. The van der Waals surface area contributed by atoms with Gasteiger partial charge in [0, 0.05) is 21.7 Å². The first-order chi connectivity index (χ1) is 12.2. The van der Waals surface area contributed by atoms with Gasteiger partial charge in [-0.3, -0.25) is 4.79 Å². The predicted octanol–water partition coefficient (Wildman–Crippen LogP) is 4.60. The molecule has 0 aliphatic heterocycles. The number of carbonyl (C=O) groups excluding carboxylic acids is 1. The highest BCUT2D eigenvalue weighted by Gasteiger charge is 2.09. The summed E-state index contributed by atoms with van der Waals surface area (Å²) in [6, 6.07) is 15.8. The Bertz CT molecular complexity index is 1070. The van der Waals surface area contributed by atoms with Crippen molar-refractivity contribution in [2.75, 3.05) is 11.1 Å². The molecule has 4 rings (SSSR count). The lowest BCUT2D eigenvalue weighted by Gasteiger charge is -2.08. The molecule has 0 bridgehead atoms. The van der Waals surface area contributed by atoms with Crippen LogP contribution in [-0.2, 0) is 4.79 Å². The number of hydrogen-bond acceptors (Lipinski definition) is 4. The zero-order chi connectivity index (χ0) is 17.2. The number of fused-ring (bicyclic) bond motifs is 2. The van der Waals surface area contributed by atoms with Crippen molar-refractivity contribution in [1.82, 2.24) is 15.0 Å². The number of aromatic amines is 1. The Morgan fingerprint density at radius 3 is 2.96 bits per heavy atom. The third-order valence-electron chi connectivity index (χ3n) is 3.69. The van der Waals surface area contributed by atoms with Crippen molar-refractivity contribution < 1.29 is 4.79 Å². The van der Waals surface area contributed by atoms with E-state index in [0.717, 1.165) is 26.4 Å². The maximum atomic E-state index is 12.3. The zero-order valence-electron chi connectivity index (χ0n) is 13.0. The van der Waals surface area contributed by atoms with E-state index in [1.54, 1.807) is 6.20 Å². The number of hydrogen-bond donors (Lipinski definition) is 2. The number of halogens is 1. The lowest BCUT2D eigenvalue weighted by Crippen LogP contribution is -2.14. The Kier molecular flexibility index (Phi) is 4.42. The summed E-state index contributed by atoms with van der Waals surface area (Å²) >= 11 is 4.73. The van der Waals surface area contributed by atoms with Gasteiger partial charge in [-0.1, -0.05) is 48.2 Å². The van der Waals surface area contributed by atoms with Gasteiger partial charge in [-0.25, -0.2) is 9.97 Å². The first-order valence-electron chi connectivity index (χ1n) is 7.61. The molecule has 4 aromatic rings. The van der Waals surface area contributed by atoms with E-state index in [2.05, 4.69) is 36.2 Å². The van der Waals surface area contributed by atoms with Crippen molar-refractivity contribution in [3.05, 3.63) is 59.2 Å². The van der Waals surface area contributed by atoms with Crippen LogP contribution in [0.2, 0.25) is 0 Å². The van der Waals surface area contributed by atoms with Crippen LogP contribution in [0.25, 0.3) is 21.9 Å². The molecule has 0 saturated carbocycles. The van der Waals surface area contributed by atoms with Crippen molar-refractivity contribution in [2.45, 2.75) is 5.16 Å². The van der Waals surface area contributed by atoms with Crippen molar-refractivity contribution in [2.24, 2.45) is 0 Å². The molecule has 7 heteroatoms. The molecule has 25 heavy (non-hydrogen) atoms. The van der Waals surface area contributed by atoms with Gasteiger partial charge in [0.1, 0.15) is 0 Å². The average molecular weight is 413 g/mol. The van der Waals surface area contributed by atoms with E-state index in [1.807, 2.05) is 48.5 Å². The van der Waals surface area contributed by atoms with Crippen LogP contribution < -0.4 is 5.32 Å². The Morgan fingerprint density at radius 1 is 1.20 bits per heavy atom. The first-order valence-corrected chi connectivity index (χ1v) is 9.38. The van der Waals surface area contributed by atoms with Crippen LogP contribution in [0.3, 0.4) is 0 Å². The van der Waals surface area contributed by atoms with Crippen LogP contribution in [0.1, 0.15) is 0 Å². The van der Waals surface area contributed by atoms with Gasteiger partial charge >= 0.3 is 0 Å². The number of rotatable bonds is 4. The van der Waals surface area contributed by atoms with E-state index in [9.17, 15) is 4.79 Å². The second-order valence-corrected chi connectivity index (χ2v) is 7.31. The van der Waals surface area contributed by atoms with E-state index in [1.165, 1.54) is 11.8 Å². The van der Waals surface area contributed by atoms with Crippen molar-refractivity contribution in [1.29, 1.82) is 0 Å². The smallest absolute Gasteiger partial charge is 0.234 e. The van der Waals surface area contributed by atoms with Crippen molar-refractivity contribution in [3.63, 3.8) is 0 Å². The van der Waals surface area contributed by atoms with Crippen LogP contribution in [0, 0.1) is 0 Å². The van der Waals surface area contributed by atoms with Crippen LogP contribution >= 0.6 is 27.7 Å². The summed E-state index contributed by atoms with van der Waals surface area (Å²) in [5.74, 6) is 0.195. The topological polar surface area (TPSA) is 70.7 Å². The van der Waals surface area contributed by atoms with Crippen molar-refractivity contribution in [3.8, 4) is 0 Å². The fourth-order valence-corrected chi connectivity index (χ4v) is 3.58. The number of imidazole rings is 1. The third kappa shape index (κ3) is 3.52. The van der Waals surface area contributed by atoms with Gasteiger partial charge in [0.2, 0.25) is 5.91 Å². The van der Waals surface area contributed by atoms with E-state index in [-0.39, 0.29) is 11.7 Å². The van der Waals surface area contributed by atoms with Gasteiger partial charge in [0.25, 0.3) is 0 Å². The minimum absolute atomic E-state index is 0.0732. The maximum absolute atomic E-state index is 12.3. The van der Waals surface area contributed by atoms with E-state index in [0.29, 0.717) is 10.8 Å². The van der Waals surface area contributed by atoms with E-state index >= 15 is 0 Å². The normalized spacial score (nSPS) is 11.1. The monoisotopic (exact) mass is 412 g/mol. The molecule has 2 heterocycles. The summed E-state index contributed by atoms with van der Waals surface area (Å²) in [5.41, 5.74) is 2.30. The molecule has 2 aromatic carbocycles. The van der Waals surface area contributed by atoms with Gasteiger partial charge in [-0.2, -0.15) is 0 Å². The molecule has 0 aliphatic carbocycles. The molecule has 0 atom stereocenters. The van der Waals surface area contributed by atoms with Gasteiger partial charge in [-0.15, -0.1) is 0 Å². The highest BCUT2D eigenvalue weighted by atomic mass is 79.9. The summed E-state index contributed by atoms with van der Waals surface area (Å²) in [5, 5.41) is 5.78. The molecule has 0 spiro atoms. The summed E-state index contributed by atoms with van der Waals surface area (Å²) in [4.78, 5) is 24.1. The second kappa shape index (κ2) is 6.85. The van der Waals surface area contributed by atoms with Crippen LogP contribution in [-0.4, -0.2) is 26.6 Å². The molecular weight excluding hydrogens is 400 g/mol. The Morgan fingerprint density at radius 2 is 2.04 bits per heavy atom. The molecule has 5 nitrogen and oxygen atoms in total. The van der Waals surface area contributed by atoms with Crippen LogP contribution in [0.4, 0.5) is 5.69 Å². The molecule has 0 fully saturated rings. The molecular formula is C18H13BrN4OS. The lowest BCUT2D eigenvalue weighted by atomic mass is 10.1. The number of aromatic nitrogens is 3. The van der Waals surface area contributed by atoms with E-state index < -0.39 is 0 Å². The quantitative estimate of drug-likeness (QED) is 0.480. The van der Waals surface area contributed by atoms with Crippen LogP contribution in [0.15, 0.2) is 64.4 Å². The molecule has 124 valence electrons. The minimum Gasteiger partial charge on any atom is -0.331 e. The molecule has 2 aromatic heterocycles. The molecule has 2 N–H and O–H groups in total. The fraction of sp³-hybridized carbons (Fsp3) is 0.0556. The number of nitrogens with zero attached hydrogens (tertiary/aromatic N) is 2. The summed E-state index contributed by atoms with van der Waals surface area (Å²) < 4.78 is 0.883. The largest absolute Gasteiger partial charge is 0.331 e. The second-order valence-electron chi connectivity index (χ2n) is 5.43. The number of pyridine rings is 1. The van der Waals surface area contributed by atoms with E-state index in [4.69, 9.17) is 0 Å². The molecule has 0 saturated heterocycles. The predicted molar refractivity (Wildman–Crippen MR) is 105 cm³/mol. The highest BCUT2D eigenvalue weighted by Crippen LogP contribution is 2.24. The highest BCUT2D eigenvalue weighted by molar-refractivity contribution is 9.10.